The molecule has 2 aromatic heterocycles. The maximum absolute atomic E-state index is 5.44. The molecule has 2 rings (SSSR count). The van der Waals surface area contributed by atoms with Crippen molar-refractivity contribution in [2.24, 2.45) is 0 Å². The van der Waals surface area contributed by atoms with Gasteiger partial charge in [-0.1, -0.05) is 18.2 Å². The van der Waals surface area contributed by atoms with Gasteiger partial charge in [-0.15, -0.1) is 22.7 Å². The van der Waals surface area contributed by atoms with E-state index in [1.54, 1.807) is 22.7 Å². The normalized spacial score (nSPS) is 10.8. The van der Waals surface area contributed by atoms with E-state index in [-0.39, 0.29) is 0 Å². The van der Waals surface area contributed by atoms with Crippen molar-refractivity contribution in [1.29, 1.82) is 0 Å². The van der Waals surface area contributed by atoms with Crippen molar-refractivity contribution in [2.45, 2.75) is 13.5 Å². The van der Waals surface area contributed by atoms with E-state index < -0.39 is 0 Å². The summed E-state index contributed by atoms with van der Waals surface area (Å²) in [6.45, 7) is 8.95. The average molecular weight is 293 g/mol. The highest BCUT2D eigenvalue weighted by Crippen LogP contribution is 2.29. The van der Waals surface area contributed by atoms with E-state index in [1.807, 2.05) is 6.92 Å². The molecule has 2 nitrogen and oxygen atoms in total. The molecule has 0 fully saturated rings. The van der Waals surface area contributed by atoms with E-state index in [1.165, 1.54) is 15.3 Å². The molecule has 0 aliphatic rings. The van der Waals surface area contributed by atoms with Gasteiger partial charge in [0, 0.05) is 28.4 Å². The van der Waals surface area contributed by atoms with Gasteiger partial charge >= 0.3 is 0 Å². The molecule has 0 atom stereocenters. The van der Waals surface area contributed by atoms with E-state index in [2.05, 4.69) is 40.9 Å². The van der Waals surface area contributed by atoms with Crippen molar-refractivity contribution in [1.82, 2.24) is 5.32 Å². The second-order valence-electron chi connectivity index (χ2n) is 4.47. The summed E-state index contributed by atoms with van der Waals surface area (Å²) < 4.78 is 5.44. The summed E-state index contributed by atoms with van der Waals surface area (Å²) in [5.74, 6) is 0. The number of hydrogen-bond donors (Lipinski definition) is 1. The van der Waals surface area contributed by atoms with Gasteiger partial charge in [0.15, 0.2) is 0 Å². The Bertz CT molecular complexity index is 502. The molecule has 0 spiro atoms. The van der Waals surface area contributed by atoms with Gasteiger partial charge in [-0.05, 0) is 29.8 Å². The topological polar surface area (TPSA) is 21.3 Å². The van der Waals surface area contributed by atoms with Gasteiger partial charge in [-0.3, -0.25) is 0 Å². The molecule has 2 heterocycles. The number of hydrogen-bond acceptors (Lipinski definition) is 4. The fourth-order valence-electron chi connectivity index (χ4n) is 1.65. The molecule has 1 N–H and O–H groups in total. The SMILES string of the molecule is C=C(C)COCCNCc1cc(-c2cccs2)cs1. The molecule has 102 valence electrons. The van der Waals surface area contributed by atoms with Gasteiger partial charge in [0.1, 0.15) is 0 Å². The van der Waals surface area contributed by atoms with Gasteiger partial charge in [0.25, 0.3) is 0 Å². The maximum atomic E-state index is 5.44. The summed E-state index contributed by atoms with van der Waals surface area (Å²) in [5.41, 5.74) is 2.40. The predicted octanol–water partition coefficient (Wildman–Crippen LogP) is 4.16. The van der Waals surface area contributed by atoms with E-state index >= 15 is 0 Å². The second-order valence-corrected chi connectivity index (χ2v) is 6.41. The van der Waals surface area contributed by atoms with E-state index in [0.717, 1.165) is 25.3 Å². The van der Waals surface area contributed by atoms with Crippen LogP contribution in [0.15, 0.2) is 41.1 Å². The molecule has 0 bridgehead atoms. The molecule has 0 amide bonds. The zero-order chi connectivity index (χ0) is 13.5. The lowest BCUT2D eigenvalue weighted by Crippen LogP contribution is -2.19. The Balaban J connectivity index is 1.68. The van der Waals surface area contributed by atoms with Crippen LogP contribution in [-0.4, -0.2) is 19.8 Å². The van der Waals surface area contributed by atoms with E-state index in [4.69, 9.17) is 4.74 Å². The highest BCUT2D eigenvalue weighted by molar-refractivity contribution is 7.14. The minimum absolute atomic E-state index is 0.656. The first kappa shape index (κ1) is 14.5. The van der Waals surface area contributed by atoms with Crippen LogP contribution in [0.3, 0.4) is 0 Å². The lowest BCUT2D eigenvalue weighted by Gasteiger charge is -2.04. The predicted molar refractivity (Wildman–Crippen MR) is 85.0 cm³/mol. The molecule has 2 aromatic rings. The molecule has 19 heavy (non-hydrogen) atoms. The van der Waals surface area contributed by atoms with E-state index in [9.17, 15) is 0 Å². The molecular weight excluding hydrogens is 274 g/mol. The Morgan fingerprint density at radius 1 is 1.42 bits per heavy atom. The molecule has 0 saturated carbocycles. The minimum Gasteiger partial charge on any atom is -0.376 e. The third-order valence-electron chi connectivity index (χ3n) is 2.53. The smallest absolute Gasteiger partial charge is 0.0672 e. The van der Waals surface area contributed by atoms with Crippen LogP contribution in [0.1, 0.15) is 11.8 Å². The lowest BCUT2D eigenvalue weighted by molar-refractivity contribution is 0.158. The monoisotopic (exact) mass is 293 g/mol. The Labute approximate surface area is 122 Å². The Hall–Kier alpha value is -0.940. The number of nitrogens with one attached hydrogen (secondary N) is 1. The van der Waals surface area contributed by atoms with Crippen LogP contribution in [-0.2, 0) is 11.3 Å². The van der Waals surface area contributed by atoms with E-state index in [0.29, 0.717) is 6.61 Å². The quantitative estimate of drug-likeness (QED) is 0.583. The molecule has 0 aliphatic carbocycles. The van der Waals surface area contributed by atoms with Crippen LogP contribution < -0.4 is 5.32 Å². The summed E-state index contributed by atoms with van der Waals surface area (Å²) in [6, 6.07) is 6.52. The summed E-state index contributed by atoms with van der Waals surface area (Å²) in [6.07, 6.45) is 0. The molecule has 0 aromatic carbocycles. The largest absolute Gasteiger partial charge is 0.376 e. The maximum Gasteiger partial charge on any atom is 0.0672 e. The zero-order valence-electron chi connectivity index (χ0n) is 11.1. The van der Waals surface area contributed by atoms with Gasteiger partial charge in [0.2, 0.25) is 0 Å². The minimum atomic E-state index is 0.656. The summed E-state index contributed by atoms with van der Waals surface area (Å²) in [4.78, 5) is 2.70. The van der Waals surface area contributed by atoms with Crippen LogP contribution >= 0.6 is 22.7 Å². The van der Waals surface area contributed by atoms with Gasteiger partial charge < -0.3 is 10.1 Å². The molecule has 0 radical (unpaired) electrons. The third-order valence-corrected chi connectivity index (χ3v) is 4.39. The van der Waals surface area contributed by atoms with Gasteiger partial charge in [-0.25, -0.2) is 0 Å². The second kappa shape index (κ2) is 7.60. The molecule has 0 saturated heterocycles. The Kier molecular flexibility index (Phi) is 5.79. The molecule has 0 aliphatic heterocycles. The third kappa shape index (κ3) is 4.91. The van der Waals surface area contributed by atoms with Gasteiger partial charge in [0.05, 0.1) is 13.2 Å². The first-order valence-electron chi connectivity index (χ1n) is 6.30. The zero-order valence-corrected chi connectivity index (χ0v) is 12.8. The summed E-state index contributed by atoms with van der Waals surface area (Å²) >= 11 is 3.59. The lowest BCUT2D eigenvalue weighted by atomic mass is 10.2. The Morgan fingerprint density at radius 3 is 3.05 bits per heavy atom. The Morgan fingerprint density at radius 2 is 2.32 bits per heavy atom. The fourth-order valence-corrected chi connectivity index (χ4v) is 3.29. The fraction of sp³-hybridized carbons (Fsp3) is 0.333. The van der Waals surface area contributed by atoms with Gasteiger partial charge in [-0.2, -0.15) is 0 Å². The summed E-state index contributed by atoms with van der Waals surface area (Å²) in [5, 5.41) is 7.73. The molecule has 4 heteroatoms. The number of rotatable bonds is 8. The van der Waals surface area contributed by atoms with Crippen molar-refractivity contribution < 1.29 is 4.74 Å². The molecule has 0 unspecified atom stereocenters. The van der Waals surface area contributed by atoms with Crippen LogP contribution in [0.2, 0.25) is 0 Å². The number of ether oxygens (including phenoxy) is 1. The van der Waals surface area contributed by atoms with Crippen molar-refractivity contribution >= 4 is 22.7 Å². The van der Waals surface area contributed by atoms with Crippen LogP contribution in [0.5, 0.6) is 0 Å². The number of thiophene rings is 2. The highest BCUT2D eigenvalue weighted by Gasteiger charge is 2.02. The van der Waals surface area contributed by atoms with Crippen molar-refractivity contribution in [3.05, 3.63) is 46.0 Å². The average Bonchev–Trinajstić information content (AvgIpc) is 3.03. The highest BCUT2D eigenvalue weighted by atomic mass is 32.1. The summed E-state index contributed by atoms with van der Waals surface area (Å²) in [7, 11) is 0. The standard InChI is InChI=1S/C15H19NOS2/c1-12(2)10-17-6-5-16-9-14-8-13(11-19-14)15-4-3-7-18-15/h3-4,7-8,11,16H,1,5-6,9-10H2,2H3. The van der Waals surface area contributed by atoms with Crippen LogP contribution in [0.25, 0.3) is 10.4 Å². The van der Waals surface area contributed by atoms with Crippen LogP contribution in [0, 0.1) is 0 Å². The first-order chi connectivity index (χ1) is 9.25. The van der Waals surface area contributed by atoms with Crippen molar-refractivity contribution in [3.8, 4) is 10.4 Å². The van der Waals surface area contributed by atoms with Crippen molar-refractivity contribution in [2.75, 3.05) is 19.8 Å². The molecular formula is C15H19NOS2. The first-order valence-corrected chi connectivity index (χ1v) is 8.06. The van der Waals surface area contributed by atoms with Crippen molar-refractivity contribution in [3.63, 3.8) is 0 Å². The van der Waals surface area contributed by atoms with Crippen LogP contribution in [0.4, 0.5) is 0 Å².